The first-order valence-corrected chi connectivity index (χ1v) is 8.27. The maximum Gasteiger partial charge on any atom is 0.257 e. The molecule has 6 heteroatoms. The van der Waals surface area contributed by atoms with E-state index in [1.54, 1.807) is 29.7 Å². The van der Waals surface area contributed by atoms with Gasteiger partial charge in [0, 0.05) is 29.7 Å². The number of carbonyl (C=O) groups is 1. The van der Waals surface area contributed by atoms with Crippen molar-refractivity contribution in [3.05, 3.63) is 67.8 Å². The number of aromatic nitrogens is 1. The first kappa shape index (κ1) is 15.8. The second-order valence-electron chi connectivity index (χ2n) is 5.37. The normalized spacial score (nSPS) is 10.9. The zero-order valence-electron chi connectivity index (χ0n) is 12.7. The van der Waals surface area contributed by atoms with Crippen molar-refractivity contribution in [2.24, 2.45) is 7.05 Å². The van der Waals surface area contributed by atoms with Crippen molar-refractivity contribution in [1.29, 1.82) is 0 Å². The number of nitrogens with one attached hydrogen (secondary N) is 1. The fourth-order valence-electron chi connectivity index (χ4n) is 2.42. The molecule has 23 heavy (non-hydrogen) atoms. The number of hydrogen-bond acceptors (Lipinski definition) is 3. The molecule has 1 amide bonds. The van der Waals surface area contributed by atoms with Gasteiger partial charge in [-0.15, -0.1) is 11.3 Å². The van der Waals surface area contributed by atoms with E-state index in [1.165, 1.54) is 0 Å². The van der Waals surface area contributed by atoms with Crippen molar-refractivity contribution in [1.82, 2.24) is 9.88 Å². The van der Waals surface area contributed by atoms with E-state index in [9.17, 15) is 9.59 Å². The average Bonchev–Trinajstić information content (AvgIpc) is 2.93. The highest BCUT2D eigenvalue weighted by atomic mass is 35.5. The molecule has 3 rings (SSSR count). The number of rotatable bonds is 3. The van der Waals surface area contributed by atoms with Crippen molar-refractivity contribution in [3.8, 4) is 0 Å². The lowest BCUT2D eigenvalue weighted by atomic mass is 10.2. The maximum atomic E-state index is 12.5. The van der Waals surface area contributed by atoms with Crippen LogP contribution in [-0.4, -0.2) is 10.5 Å². The summed E-state index contributed by atoms with van der Waals surface area (Å²) in [5.74, 6) is -0.369. The van der Waals surface area contributed by atoms with Crippen molar-refractivity contribution in [3.63, 3.8) is 0 Å². The van der Waals surface area contributed by atoms with Gasteiger partial charge in [-0.05, 0) is 30.7 Å². The minimum Gasteiger partial charge on any atom is -0.348 e. The topological polar surface area (TPSA) is 51.1 Å². The minimum absolute atomic E-state index is 0.159. The van der Waals surface area contributed by atoms with Gasteiger partial charge in [0.05, 0.1) is 5.39 Å². The third-order valence-electron chi connectivity index (χ3n) is 3.58. The number of benzene rings is 1. The third kappa shape index (κ3) is 3.16. The Hall–Kier alpha value is -2.11. The van der Waals surface area contributed by atoms with Crippen LogP contribution in [0.15, 0.2) is 41.3 Å². The van der Waals surface area contributed by atoms with Crippen molar-refractivity contribution >= 4 is 39.1 Å². The first-order valence-electron chi connectivity index (χ1n) is 7.08. The molecule has 0 spiro atoms. The van der Waals surface area contributed by atoms with E-state index < -0.39 is 0 Å². The lowest BCUT2D eigenvalue weighted by Crippen LogP contribution is -2.29. The molecule has 3 aromatic rings. The summed E-state index contributed by atoms with van der Waals surface area (Å²) in [6.07, 6.45) is 1.60. The van der Waals surface area contributed by atoms with Crippen LogP contribution >= 0.6 is 22.9 Å². The van der Waals surface area contributed by atoms with Gasteiger partial charge in [0.15, 0.2) is 0 Å². The van der Waals surface area contributed by atoms with Crippen molar-refractivity contribution < 1.29 is 4.79 Å². The summed E-state index contributed by atoms with van der Waals surface area (Å²) in [5, 5.41) is 4.02. The third-order valence-corrected chi connectivity index (χ3v) is 4.97. The number of fused-ring (bicyclic) bond motifs is 1. The number of aryl methyl sites for hydroxylation is 2. The summed E-state index contributed by atoms with van der Waals surface area (Å²) >= 11 is 7.38. The Morgan fingerprint density at radius 3 is 2.70 bits per heavy atom. The number of amides is 1. The van der Waals surface area contributed by atoms with E-state index in [0.29, 0.717) is 17.0 Å². The van der Waals surface area contributed by atoms with Gasteiger partial charge in [-0.25, -0.2) is 0 Å². The number of hydrogen-bond donors (Lipinski definition) is 1. The number of thiophene rings is 1. The molecule has 0 aliphatic rings. The Morgan fingerprint density at radius 1 is 1.30 bits per heavy atom. The molecule has 1 N–H and O–H groups in total. The quantitative estimate of drug-likeness (QED) is 0.789. The van der Waals surface area contributed by atoms with Crippen molar-refractivity contribution in [2.75, 3.05) is 0 Å². The molecular weight excluding hydrogens is 332 g/mol. The van der Waals surface area contributed by atoms with Gasteiger partial charge in [0.25, 0.3) is 5.91 Å². The first-order chi connectivity index (χ1) is 11.0. The van der Waals surface area contributed by atoms with Crippen LogP contribution in [0.4, 0.5) is 0 Å². The van der Waals surface area contributed by atoms with E-state index in [-0.39, 0.29) is 16.9 Å². The van der Waals surface area contributed by atoms with Crippen LogP contribution in [-0.2, 0) is 13.6 Å². The highest BCUT2D eigenvalue weighted by molar-refractivity contribution is 7.18. The molecule has 0 unspecified atom stereocenters. The smallest absolute Gasteiger partial charge is 0.257 e. The molecule has 0 saturated carbocycles. The molecule has 4 nitrogen and oxygen atoms in total. The molecule has 2 heterocycles. The van der Waals surface area contributed by atoms with Gasteiger partial charge >= 0.3 is 0 Å². The van der Waals surface area contributed by atoms with E-state index >= 15 is 0 Å². The summed E-state index contributed by atoms with van der Waals surface area (Å²) in [6, 6.07) is 9.04. The van der Waals surface area contributed by atoms with Gasteiger partial charge in [-0.1, -0.05) is 23.7 Å². The molecular formula is C17H15ClN2O2S. The standard InChI is InChI=1S/C17H15ClN2O2S/c1-10-7-13-15(21)14(9-20(2)17(13)23-10)16(22)19-8-11-3-5-12(18)6-4-11/h3-7,9H,8H2,1-2H3,(H,19,22). The molecule has 0 aliphatic carbocycles. The van der Waals surface area contributed by atoms with Crippen LogP contribution in [0.5, 0.6) is 0 Å². The number of halogens is 1. The Labute approximate surface area is 142 Å². The predicted molar refractivity (Wildman–Crippen MR) is 94.4 cm³/mol. The van der Waals surface area contributed by atoms with Gasteiger partial charge in [-0.3, -0.25) is 9.59 Å². The van der Waals surface area contributed by atoms with Crippen LogP contribution in [0.25, 0.3) is 10.2 Å². The minimum atomic E-state index is -0.369. The fraction of sp³-hybridized carbons (Fsp3) is 0.176. The highest BCUT2D eigenvalue weighted by Gasteiger charge is 2.15. The molecule has 0 radical (unpaired) electrons. The van der Waals surface area contributed by atoms with Crippen LogP contribution < -0.4 is 10.7 Å². The Balaban J connectivity index is 1.87. The van der Waals surface area contributed by atoms with E-state index in [2.05, 4.69) is 5.32 Å². The Kier molecular flexibility index (Phi) is 4.24. The van der Waals surface area contributed by atoms with E-state index in [1.807, 2.05) is 36.7 Å². The Bertz CT molecular complexity index is 942. The van der Waals surface area contributed by atoms with Crippen LogP contribution in [0.2, 0.25) is 5.02 Å². The maximum absolute atomic E-state index is 12.5. The van der Waals surface area contributed by atoms with Crippen molar-refractivity contribution in [2.45, 2.75) is 13.5 Å². The van der Waals surface area contributed by atoms with E-state index in [0.717, 1.165) is 15.3 Å². The fourth-order valence-corrected chi connectivity index (χ4v) is 3.49. The summed E-state index contributed by atoms with van der Waals surface area (Å²) in [4.78, 5) is 26.8. The zero-order chi connectivity index (χ0) is 16.6. The molecule has 0 fully saturated rings. The number of nitrogens with zero attached hydrogens (tertiary/aromatic N) is 1. The summed E-state index contributed by atoms with van der Waals surface area (Å²) < 4.78 is 1.83. The Morgan fingerprint density at radius 2 is 2.00 bits per heavy atom. The summed E-state index contributed by atoms with van der Waals surface area (Å²) in [7, 11) is 1.84. The van der Waals surface area contributed by atoms with Gasteiger partial charge in [0.2, 0.25) is 5.43 Å². The van der Waals surface area contributed by atoms with Gasteiger partial charge in [0.1, 0.15) is 10.4 Å². The second-order valence-corrected chi connectivity index (χ2v) is 7.04. The molecule has 1 aromatic carbocycles. The summed E-state index contributed by atoms with van der Waals surface area (Å²) in [5.41, 5.74) is 0.856. The highest BCUT2D eigenvalue weighted by Crippen LogP contribution is 2.22. The zero-order valence-corrected chi connectivity index (χ0v) is 14.3. The van der Waals surface area contributed by atoms with Gasteiger partial charge in [-0.2, -0.15) is 0 Å². The largest absolute Gasteiger partial charge is 0.348 e. The molecule has 0 atom stereocenters. The number of pyridine rings is 1. The second kappa shape index (κ2) is 6.18. The molecule has 118 valence electrons. The molecule has 0 bridgehead atoms. The molecule has 0 saturated heterocycles. The van der Waals surface area contributed by atoms with Gasteiger partial charge < -0.3 is 9.88 Å². The summed E-state index contributed by atoms with van der Waals surface area (Å²) in [6.45, 7) is 2.30. The lowest BCUT2D eigenvalue weighted by Gasteiger charge is -2.07. The monoisotopic (exact) mass is 346 g/mol. The average molecular weight is 347 g/mol. The molecule has 2 aromatic heterocycles. The van der Waals surface area contributed by atoms with E-state index in [4.69, 9.17) is 11.6 Å². The van der Waals surface area contributed by atoms with Crippen LogP contribution in [0.1, 0.15) is 20.8 Å². The van der Waals surface area contributed by atoms with Crippen LogP contribution in [0, 0.1) is 6.92 Å². The molecule has 0 aliphatic heterocycles. The lowest BCUT2D eigenvalue weighted by molar-refractivity contribution is 0.0949. The van der Waals surface area contributed by atoms with Crippen LogP contribution in [0.3, 0.4) is 0 Å². The number of carbonyl (C=O) groups excluding carboxylic acids is 1. The SMILES string of the molecule is Cc1cc2c(=O)c(C(=O)NCc3ccc(Cl)cc3)cn(C)c2s1. The predicted octanol–water partition coefficient (Wildman–Crippen LogP) is 3.49.